The van der Waals surface area contributed by atoms with E-state index in [0.717, 1.165) is 42.3 Å². The third kappa shape index (κ3) is 3.03. The van der Waals surface area contributed by atoms with Gasteiger partial charge in [-0.3, -0.25) is 0 Å². The van der Waals surface area contributed by atoms with E-state index < -0.39 is 5.97 Å². The summed E-state index contributed by atoms with van der Waals surface area (Å²) in [6.45, 7) is 0. The van der Waals surface area contributed by atoms with Gasteiger partial charge in [-0.1, -0.05) is 12.5 Å². The summed E-state index contributed by atoms with van der Waals surface area (Å²) in [4.78, 5) is 11.6. The summed E-state index contributed by atoms with van der Waals surface area (Å²) >= 11 is 0. The molecule has 0 aliphatic carbocycles. The fourth-order valence-electron chi connectivity index (χ4n) is 3.43. The fraction of sp³-hybridized carbons (Fsp3) is 0.300. The van der Waals surface area contributed by atoms with Gasteiger partial charge in [-0.15, -0.1) is 0 Å². The minimum absolute atomic E-state index is 0.115. The van der Waals surface area contributed by atoms with E-state index in [1.54, 1.807) is 18.2 Å². The number of aromatic nitrogens is 1. The lowest BCUT2D eigenvalue weighted by Crippen LogP contribution is -1.96. The first kappa shape index (κ1) is 16.8. The highest BCUT2D eigenvalue weighted by molar-refractivity contribution is 6.18. The number of phenols is 1. The van der Waals surface area contributed by atoms with Crippen LogP contribution in [0, 0.1) is 11.3 Å². The number of phenolic OH excluding ortho intramolecular Hbond substituents is 1. The third-order valence-corrected chi connectivity index (χ3v) is 4.66. The summed E-state index contributed by atoms with van der Waals surface area (Å²) in [7, 11) is 1.88. The van der Waals surface area contributed by atoms with Crippen LogP contribution in [-0.2, 0) is 13.5 Å². The molecular weight excluding hydrogens is 316 g/mol. The summed E-state index contributed by atoms with van der Waals surface area (Å²) in [5.74, 6) is -0.886. The molecular formula is C20H20N2O3. The quantitative estimate of drug-likeness (QED) is 0.655. The minimum atomic E-state index is -1.00. The fourth-order valence-corrected chi connectivity index (χ4v) is 3.43. The van der Waals surface area contributed by atoms with Gasteiger partial charge in [0.1, 0.15) is 5.75 Å². The molecule has 25 heavy (non-hydrogen) atoms. The molecule has 0 aliphatic rings. The maximum absolute atomic E-state index is 11.6. The zero-order chi connectivity index (χ0) is 18.0. The Hall–Kier alpha value is -3.00. The van der Waals surface area contributed by atoms with Crippen LogP contribution in [-0.4, -0.2) is 20.7 Å². The third-order valence-electron chi connectivity index (χ3n) is 4.66. The molecule has 1 aromatic heterocycles. The number of fused-ring (bicyclic) bond motifs is 3. The van der Waals surface area contributed by atoms with Gasteiger partial charge in [-0.2, -0.15) is 5.26 Å². The van der Waals surface area contributed by atoms with E-state index in [2.05, 4.69) is 6.07 Å². The van der Waals surface area contributed by atoms with Crippen LogP contribution in [0.4, 0.5) is 0 Å². The Morgan fingerprint density at radius 3 is 2.68 bits per heavy atom. The van der Waals surface area contributed by atoms with Crippen LogP contribution in [0.2, 0.25) is 0 Å². The molecule has 5 nitrogen and oxygen atoms in total. The van der Waals surface area contributed by atoms with Gasteiger partial charge in [0.25, 0.3) is 0 Å². The highest BCUT2D eigenvalue weighted by Gasteiger charge is 2.18. The van der Waals surface area contributed by atoms with Crippen LogP contribution >= 0.6 is 0 Å². The molecule has 0 unspecified atom stereocenters. The van der Waals surface area contributed by atoms with Crippen LogP contribution in [0.1, 0.15) is 41.6 Å². The smallest absolute Gasteiger partial charge is 0.336 e. The number of nitriles is 1. The first-order valence-electron chi connectivity index (χ1n) is 8.38. The molecule has 0 saturated heterocycles. The van der Waals surface area contributed by atoms with Crippen LogP contribution in [0.15, 0.2) is 30.3 Å². The Kier molecular flexibility index (Phi) is 4.62. The monoisotopic (exact) mass is 336 g/mol. The molecule has 3 rings (SSSR count). The number of rotatable bonds is 6. The van der Waals surface area contributed by atoms with Crippen molar-refractivity contribution in [3.8, 4) is 11.8 Å². The number of benzene rings is 2. The molecule has 0 amide bonds. The molecule has 0 aliphatic heterocycles. The van der Waals surface area contributed by atoms with Gasteiger partial charge < -0.3 is 14.8 Å². The van der Waals surface area contributed by atoms with Crippen molar-refractivity contribution in [2.75, 3.05) is 0 Å². The van der Waals surface area contributed by atoms with E-state index in [1.165, 1.54) is 0 Å². The van der Waals surface area contributed by atoms with E-state index >= 15 is 0 Å². The molecule has 0 bridgehead atoms. The number of aromatic hydroxyl groups is 1. The number of nitrogens with zero attached hydrogens (tertiary/aromatic N) is 2. The van der Waals surface area contributed by atoms with Crippen LogP contribution in [0.5, 0.6) is 5.75 Å². The number of carbonyl (C=O) groups is 1. The number of aromatic carboxylic acids is 1. The average Bonchev–Trinajstić information content (AvgIpc) is 2.88. The van der Waals surface area contributed by atoms with E-state index in [9.17, 15) is 15.0 Å². The van der Waals surface area contributed by atoms with Gasteiger partial charge in [0.2, 0.25) is 0 Å². The number of hydrogen-bond donors (Lipinski definition) is 2. The zero-order valence-corrected chi connectivity index (χ0v) is 14.1. The number of unbranched alkanes of at least 4 members (excludes halogenated alkanes) is 3. The highest BCUT2D eigenvalue weighted by atomic mass is 16.4. The molecule has 0 radical (unpaired) electrons. The summed E-state index contributed by atoms with van der Waals surface area (Å²) < 4.78 is 1.93. The van der Waals surface area contributed by atoms with Gasteiger partial charge in [0.15, 0.2) is 0 Å². The number of hydrogen-bond acceptors (Lipinski definition) is 3. The average molecular weight is 336 g/mol. The molecule has 2 N–H and O–H groups in total. The zero-order valence-electron chi connectivity index (χ0n) is 14.1. The van der Waals surface area contributed by atoms with Crippen molar-refractivity contribution < 1.29 is 15.0 Å². The van der Waals surface area contributed by atoms with Crippen LogP contribution in [0.25, 0.3) is 21.8 Å². The summed E-state index contributed by atoms with van der Waals surface area (Å²) in [5, 5.41) is 29.8. The van der Waals surface area contributed by atoms with Crippen LogP contribution < -0.4 is 0 Å². The second-order valence-corrected chi connectivity index (χ2v) is 6.29. The van der Waals surface area contributed by atoms with Gasteiger partial charge in [0, 0.05) is 24.4 Å². The number of carboxylic acids is 1. The van der Waals surface area contributed by atoms with Crippen molar-refractivity contribution in [3.05, 3.63) is 41.5 Å². The number of carboxylic acid groups (broad SMARTS) is 1. The van der Waals surface area contributed by atoms with Crippen molar-refractivity contribution in [1.29, 1.82) is 5.26 Å². The van der Waals surface area contributed by atoms with E-state index in [0.29, 0.717) is 17.2 Å². The second-order valence-electron chi connectivity index (χ2n) is 6.29. The lowest BCUT2D eigenvalue weighted by atomic mass is 10.0. The molecule has 0 fully saturated rings. The SMILES string of the molecule is Cn1c2cc(CCCCCC#N)cc(O)c2c2c(C(=O)O)cccc21. The molecule has 0 spiro atoms. The van der Waals surface area contributed by atoms with Crippen LogP contribution in [0.3, 0.4) is 0 Å². The summed E-state index contributed by atoms with van der Waals surface area (Å²) in [6, 6.07) is 11.0. The molecule has 5 heteroatoms. The lowest BCUT2D eigenvalue weighted by molar-refractivity contribution is 0.0699. The molecule has 0 atom stereocenters. The van der Waals surface area contributed by atoms with E-state index in [4.69, 9.17) is 5.26 Å². The normalized spacial score (nSPS) is 11.0. The van der Waals surface area contributed by atoms with Crippen molar-refractivity contribution in [1.82, 2.24) is 4.57 Å². The maximum Gasteiger partial charge on any atom is 0.336 e. The second kappa shape index (κ2) is 6.86. The Bertz CT molecular complexity index is 996. The minimum Gasteiger partial charge on any atom is -0.507 e. The summed E-state index contributed by atoms with van der Waals surface area (Å²) in [6.07, 6.45) is 4.22. The summed E-state index contributed by atoms with van der Waals surface area (Å²) in [5.41, 5.74) is 2.83. The topological polar surface area (TPSA) is 86.3 Å². The van der Waals surface area contributed by atoms with Gasteiger partial charge in [-0.25, -0.2) is 4.79 Å². The molecule has 3 aromatic rings. The molecule has 2 aromatic carbocycles. The Morgan fingerprint density at radius 2 is 1.96 bits per heavy atom. The van der Waals surface area contributed by atoms with Crippen molar-refractivity contribution in [2.24, 2.45) is 7.05 Å². The predicted molar refractivity (Wildman–Crippen MR) is 96.8 cm³/mol. The Morgan fingerprint density at radius 1 is 1.16 bits per heavy atom. The largest absolute Gasteiger partial charge is 0.507 e. The Labute approximate surface area is 145 Å². The van der Waals surface area contributed by atoms with Crippen molar-refractivity contribution in [3.63, 3.8) is 0 Å². The van der Waals surface area contributed by atoms with E-state index in [-0.39, 0.29) is 11.3 Å². The Balaban J connectivity index is 2.06. The molecule has 128 valence electrons. The van der Waals surface area contributed by atoms with Gasteiger partial charge in [0.05, 0.1) is 22.5 Å². The predicted octanol–water partition coefficient (Wildman–Crippen LogP) is 4.36. The highest BCUT2D eigenvalue weighted by Crippen LogP contribution is 2.37. The standard InChI is InChI=1S/C20H20N2O3/c1-22-15-9-6-8-14(20(24)25)18(15)19-16(22)11-13(12-17(19)23)7-4-2-3-5-10-21/h6,8-9,11-12,23H,2-5,7H2,1H3,(H,24,25). The molecule has 1 heterocycles. The van der Waals surface area contributed by atoms with Crippen molar-refractivity contribution in [2.45, 2.75) is 32.1 Å². The first-order chi connectivity index (χ1) is 12.0. The number of aryl methyl sites for hydroxylation is 2. The van der Waals surface area contributed by atoms with Gasteiger partial charge >= 0.3 is 5.97 Å². The van der Waals surface area contributed by atoms with E-state index in [1.807, 2.05) is 23.7 Å². The maximum atomic E-state index is 11.6. The first-order valence-corrected chi connectivity index (χ1v) is 8.38. The molecule has 0 saturated carbocycles. The lowest BCUT2D eigenvalue weighted by Gasteiger charge is -2.05. The van der Waals surface area contributed by atoms with Crippen molar-refractivity contribution >= 4 is 27.8 Å². The van der Waals surface area contributed by atoms with Gasteiger partial charge in [-0.05, 0) is 49.1 Å².